The summed E-state index contributed by atoms with van der Waals surface area (Å²) in [5.74, 6) is -1.01. The molecular formula is C12H16N2O3. The molecule has 2 rings (SSSR count). The van der Waals surface area contributed by atoms with Crippen molar-refractivity contribution in [1.82, 2.24) is 4.98 Å². The van der Waals surface area contributed by atoms with Gasteiger partial charge in [-0.3, -0.25) is 4.98 Å². The van der Waals surface area contributed by atoms with Gasteiger partial charge in [0.05, 0.1) is 11.3 Å². The largest absolute Gasteiger partial charge is 0.478 e. The molecule has 0 amide bonds. The number of aromatic nitrogens is 1. The molecule has 1 aromatic rings. The maximum atomic E-state index is 11.0. The molecule has 1 aliphatic carbocycles. The van der Waals surface area contributed by atoms with Crippen LogP contribution in [0.1, 0.15) is 36.0 Å². The van der Waals surface area contributed by atoms with Crippen molar-refractivity contribution in [1.29, 1.82) is 0 Å². The lowest BCUT2D eigenvalue weighted by Crippen LogP contribution is -2.33. The number of aliphatic hydroxyl groups is 1. The summed E-state index contributed by atoms with van der Waals surface area (Å²) in [6.45, 7) is 0.386. The predicted octanol–water partition coefficient (Wildman–Crippen LogP) is 1.50. The average molecular weight is 236 g/mol. The molecule has 0 atom stereocenters. The maximum absolute atomic E-state index is 11.0. The number of rotatable bonds is 4. The van der Waals surface area contributed by atoms with Crippen LogP contribution in [0.25, 0.3) is 0 Å². The van der Waals surface area contributed by atoms with E-state index in [0.717, 1.165) is 25.7 Å². The number of carbonyl (C=O) groups is 1. The van der Waals surface area contributed by atoms with Crippen molar-refractivity contribution in [2.75, 3.05) is 11.9 Å². The van der Waals surface area contributed by atoms with Crippen molar-refractivity contribution < 1.29 is 15.0 Å². The standard InChI is InChI=1S/C12H16N2O3/c15-11(16)9-7-13-6-3-10(9)14-8-12(17)4-1-2-5-12/h3,6-7,17H,1-2,4-5,8H2,(H,13,14)(H,15,16). The van der Waals surface area contributed by atoms with E-state index >= 15 is 0 Å². The van der Waals surface area contributed by atoms with E-state index < -0.39 is 11.6 Å². The van der Waals surface area contributed by atoms with E-state index in [-0.39, 0.29) is 5.56 Å². The molecule has 1 saturated carbocycles. The zero-order valence-corrected chi connectivity index (χ0v) is 9.52. The van der Waals surface area contributed by atoms with Crippen LogP contribution in [0, 0.1) is 0 Å². The van der Waals surface area contributed by atoms with Gasteiger partial charge in [-0.15, -0.1) is 0 Å². The predicted molar refractivity (Wildman–Crippen MR) is 63.1 cm³/mol. The maximum Gasteiger partial charge on any atom is 0.339 e. The molecule has 0 aromatic carbocycles. The third-order valence-corrected chi connectivity index (χ3v) is 3.19. The highest BCUT2D eigenvalue weighted by Crippen LogP contribution is 2.29. The topological polar surface area (TPSA) is 82.5 Å². The van der Waals surface area contributed by atoms with Crippen LogP contribution in [-0.2, 0) is 0 Å². The molecule has 1 heterocycles. The molecule has 5 heteroatoms. The molecule has 1 aliphatic rings. The Morgan fingerprint density at radius 2 is 2.18 bits per heavy atom. The fraction of sp³-hybridized carbons (Fsp3) is 0.500. The first-order valence-corrected chi connectivity index (χ1v) is 5.74. The third-order valence-electron chi connectivity index (χ3n) is 3.19. The Bertz CT molecular complexity index is 414. The first-order valence-electron chi connectivity index (χ1n) is 5.74. The molecule has 92 valence electrons. The smallest absolute Gasteiger partial charge is 0.339 e. The Kier molecular flexibility index (Phi) is 3.28. The molecule has 1 fully saturated rings. The summed E-state index contributed by atoms with van der Waals surface area (Å²) in [5, 5.41) is 22.1. The number of anilines is 1. The van der Waals surface area contributed by atoms with Gasteiger partial charge in [0.25, 0.3) is 0 Å². The monoisotopic (exact) mass is 236 g/mol. The van der Waals surface area contributed by atoms with Gasteiger partial charge < -0.3 is 15.5 Å². The number of nitrogens with one attached hydrogen (secondary N) is 1. The number of hydrogen-bond acceptors (Lipinski definition) is 4. The van der Waals surface area contributed by atoms with E-state index in [9.17, 15) is 9.90 Å². The lowest BCUT2D eigenvalue weighted by Gasteiger charge is -2.23. The molecule has 0 radical (unpaired) electrons. The van der Waals surface area contributed by atoms with Gasteiger partial charge in [-0.05, 0) is 18.9 Å². The third kappa shape index (κ3) is 2.74. The summed E-state index contributed by atoms with van der Waals surface area (Å²) in [6, 6.07) is 1.61. The quantitative estimate of drug-likeness (QED) is 0.738. The second kappa shape index (κ2) is 4.71. The highest BCUT2D eigenvalue weighted by molar-refractivity contribution is 5.93. The SMILES string of the molecule is O=C(O)c1cnccc1NCC1(O)CCCC1. The highest BCUT2D eigenvalue weighted by atomic mass is 16.4. The van der Waals surface area contributed by atoms with Crippen LogP contribution < -0.4 is 5.32 Å². The van der Waals surface area contributed by atoms with Crippen LogP contribution >= 0.6 is 0 Å². The first kappa shape index (κ1) is 11.9. The molecule has 0 unspecified atom stereocenters. The summed E-state index contributed by atoms with van der Waals surface area (Å²) in [7, 11) is 0. The number of nitrogens with zero attached hydrogens (tertiary/aromatic N) is 1. The van der Waals surface area contributed by atoms with Crippen LogP contribution in [-0.4, -0.2) is 33.3 Å². The van der Waals surface area contributed by atoms with Crippen LogP contribution in [0.5, 0.6) is 0 Å². The summed E-state index contributed by atoms with van der Waals surface area (Å²) < 4.78 is 0. The number of carboxylic acid groups (broad SMARTS) is 1. The van der Waals surface area contributed by atoms with Crippen LogP contribution in [0.3, 0.4) is 0 Å². The molecule has 0 saturated heterocycles. The average Bonchev–Trinajstić information content (AvgIpc) is 2.74. The number of hydrogen-bond donors (Lipinski definition) is 3. The molecule has 17 heavy (non-hydrogen) atoms. The summed E-state index contributed by atoms with van der Waals surface area (Å²) in [4.78, 5) is 14.7. The van der Waals surface area contributed by atoms with Gasteiger partial charge in [0.1, 0.15) is 5.56 Å². The molecule has 5 nitrogen and oxygen atoms in total. The molecule has 3 N–H and O–H groups in total. The lowest BCUT2D eigenvalue weighted by molar-refractivity contribution is 0.0610. The van der Waals surface area contributed by atoms with E-state index in [1.807, 2.05) is 0 Å². The van der Waals surface area contributed by atoms with E-state index in [1.54, 1.807) is 6.07 Å². The lowest BCUT2D eigenvalue weighted by atomic mass is 10.0. The van der Waals surface area contributed by atoms with Crippen molar-refractivity contribution in [3.8, 4) is 0 Å². The van der Waals surface area contributed by atoms with Gasteiger partial charge in [-0.2, -0.15) is 0 Å². The van der Waals surface area contributed by atoms with Gasteiger partial charge in [0.2, 0.25) is 0 Å². The summed E-state index contributed by atoms with van der Waals surface area (Å²) in [6.07, 6.45) is 6.44. The second-order valence-corrected chi connectivity index (χ2v) is 4.51. The Morgan fingerprint density at radius 3 is 2.82 bits per heavy atom. The molecule has 1 aromatic heterocycles. The zero-order chi connectivity index (χ0) is 12.3. The van der Waals surface area contributed by atoms with Gasteiger partial charge in [0.15, 0.2) is 0 Å². The number of aromatic carboxylic acids is 1. The molecule has 0 aliphatic heterocycles. The second-order valence-electron chi connectivity index (χ2n) is 4.51. The minimum absolute atomic E-state index is 0.133. The van der Waals surface area contributed by atoms with Crippen LogP contribution in [0.15, 0.2) is 18.5 Å². The van der Waals surface area contributed by atoms with Crippen molar-refractivity contribution in [2.24, 2.45) is 0 Å². The van der Waals surface area contributed by atoms with E-state index in [4.69, 9.17) is 5.11 Å². The van der Waals surface area contributed by atoms with Crippen molar-refractivity contribution >= 4 is 11.7 Å². The number of carboxylic acids is 1. The normalized spacial score (nSPS) is 17.9. The highest BCUT2D eigenvalue weighted by Gasteiger charge is 2.30. The minimum Gasteiger partial charge on any atom is -0.478 e. The molecule has 0 bridgehead atoms. The number of pyridine rings is 1. The van der Waals surface area contributed by atoms with Crippen LogP contribution in [0.4, 0.5) is 5.69 Å². The zero-order valence-electron chi connectivity index (χ0n) is 9.52. The molecule has 0 spiro atoms. The van der Waals surface area contributed by atoms with E-state index in [1.165, 1.54) is 12.4 Å². The molecular weight excluding hydrogens is 220 g/mol. The van der Waals surface area contributed by atoms with E-state index in [2.05, 4.69) is 10.3 Å². The Hall–Kier alpha value is -1.62. The van der Waals surface area contributed by atoms with Gasteiger partial charge in [-0.1, -0.05) is 12.8 Å². The minimum atomic E-state index is -1.01. The summed E-state index contributed by atoms with van der Waals surface area (Å²) >= 11 is 0. The van der Waals surface area contributed by atoms with Crippen LogP contribution in [0.2, 0.25) is 0 Å². The fourth-order valence-electron chi connectivity index (χ4n) is 2.19. The van der Waals surface area contributed by atoms with Gasteiger partial charge >= 0.3 is 5.97 Å². The van der Waals surface area contributed by atoms with Gasteiger partial charge in [0, 0.05) is 18.9 Å². The van der Waals surface area contributed by atoms with Crippen molar-refractivity contribution in [3.63, 3.8) is 0 Å². The Labute approximate surface area is 99.5 Å². The van der Waals surface area contributed by atoms with Gasteiger partial charge in [-0.25, -0.2) is 4.79 Å². The van der Waals surface area contributed by atoms with E-state index in [0.29, 0.717) is 12.2 Å². The Balaban J connectivity index is 2.06. The van der Waals surface area contributed by atoms with Crippen molar-refractivity contribution in [3.05, 3.63) is 24.0 Å². The first-order chi connectivity index (χ1) is 8.11. The Morgan fingerprint density at radius 1 is 1.47 bits per heavy atom. The van der Waals surface area contributed by atoms with Crippen molar-refractivity contribution in [2.45, 2.75) is 31.3 Å². The summed E-state index contributed by atoms with van der Waals surface area (Å²) in [5.41, 5.74) is -0.0547. The fourth-order valence-corrected chi connectivity index (χ4v) is 2.19.